The number of nitrogens with one attached hydrogen (secondary N) is 2. The van der Waals surface area contributed by atoms with E-state index < -0.39 is 10.0 Å². The Morgan fingerprint density at radius 3 is 2.38 bits per heavy atom. The van der Waals surface area contributed by atoms with Crippen molar-refractivity contribution in [3.8, 4) is 0 Å². The average Bonchev–Trinajstić information content (AvgIpc) is 2.70. The smallest absolute Gasteiger partial charge is 0.261 e. The molecule has 0 saturated carbocycles. The van der Waals surface area contributed by atoms with Crippen molar-refractivity contribution < 1.29 is 13.2 Å². The summed E-state index contributed by atoms with van der Waals surface area (Å²) in [5, 5.41) is 2.94. The van der Waals surface area contributed by atoms with E-state index in [1.807, 2.05) is 13.8 Å². The van der Waals surface area contributed by atoms with Gasteiger partial charge in [0.2, 0.25) is 0 Å². The fourth-order valence-electron chi connectivity index (χ4n) is 3.41. The molecule has 0 spiro atoms. The summed E-state index contributed by atoms with van der Waals surface area (Å²) in [6.45, 7) is 7.31. The number of anilines is 1. The molecule has 1 aliphatic heterocycles. The van der Waals surface area contributed by atoms with Crippen molar-refractivity contribution in [3.05, 3.63) is 59.2 Å². The van der Waals surface area contributed by atoms with Crippen molar-refractivity contribution in [2.24, 2.45) is 0 Å². The molecule has 2 aromatic carbocycles. The van der Waals surface area contributed by atoms with Crippen LogP contribution in [0.15, 0.2) is 47.4 Å². The molecule has 1 fully saturated rings. The second-order valence-electron chi connectivity index (χ2n) is 7.61. The maximum absolute atomic E-state index is 12.7. The van der Waals surface area contributed by atoms with Gasteiger partial charge in [0.1, 0.15) is 0 Å². The van der Waals surface area contributed by atoms with Crippen molar-refractivity contribution in [1.29, 1.82) is 0 Å². The van der Waals surface area contributed by atoms with Gasteiger partial charge in [0.05, 0.1) is 10.6 Å². The van der Waals surface area contributed by atoms with Crippen LogP contribution in [0.2, 0.25) is 0 Å². The Balaban J connectivity index is 1.65. The Labute approximate surface area is 173 Å². The van der Waals surface area contributed by atoms with Crippen LogP contribution in [-0.4, -0.2) is 45.4 Å². The Hall–Kier alpha value is -2.38. The molecule has 0 unspecified atom stereocenters. The highest BCUT2D eigenvalue weighted by Gasteiger charge is 2.17. The van der Waals surface area contributed by atoms with Gasteiger partial charge < -0.3 is 10.2 Å². The molecule has 2 N–H and O–H groups in total. The number of aryl methyl sites for hydroxylation is 2. The molecule has 1 saturated heterocycles. The number of amides is 1. The first kappa shape index (κ1) is 21.3. The summed E-state index contributed by atoms with van der Waals surface area (Å²) in [6, 6.07) is 11.7. The van der Waals surface area contributed by atoms with Gasteiger partial charge in [-0.2, -0.15) is 0 Å². The Morgan fingerprint density at radius 1 is 1.00 bits per heavy atom. The van der Waals surface area contributed by atoms with E-state index in [1.165, 1.54) is 19.3 Å². The molecule has 7 heteroatoms. The van der Waals surface area contributed by atoms with E-state index in [4.69, 9.17) is 0 Å². The average molecular weight is 416 g/mol. The Bertz CT molecular complexity index is 950. The van der Waals surface area contributed by atoms with Crippen LogP contribution < -0.4 is 10.0 Å². The van der Waals surface area contributed by atoms with Crippen molar-refractivity contribution in [3.63, 3.8) is 0 Å². The molecular weight excluding hydrogens is 386 g/mol. The first-order valence-electron chi connectivity index (χ1n) is 10.1. The highest BCUT2D eigenvalue weighted by atomic mass is 32.2. The zero-order chi connectivity index (χ0) is 20.9. The van der Waals surface area contributed by atoms with Gasteiger partial charge in [-0.3, -0.25) is 9.52 Å². The summed E-state index contributed by atoms with van der Waals surface area (Å²) < 4.78 is 28.0. The number of hydrogen-bond acceptors (Lipinski definition) is 4. The van der Waals surface area contributed by atoms with Crippen molar-refractivity contribution in [1.82, 2.24) is 10.2 Å². The molecule has 6 nitrogen and oxygen atoms in total. The summed E-state index contributed by atoms with van der Waals surface area (Å²) in [7, 11) is -3.71. The number of carbonyl (C=O) groups excluding carboxylic acids is 1. The SMILES string of the molecule is Cc1ccc(S(=O)(=O)Nc2cc(C(=O)NCCN3CCCCC3)ccc2C)cc1. The molecule has 1 amide bonds. The third-order valence-electron chi connectivity index (χ3n) is 5.24. The van der Waals surface area contributed by atoms with E-state index in [-0.39, 0.29) is 10.8 Å². The minimum atomic E-state index is -3.71. The first-order valence-corrected chi connectivity index (χ1v) is 11.5. The van der Waals surface area contributed by atoms with E-state index in [2.05, 4.69) is 14.9 Å². The predicted octanol–water partition coefficient (Wildman–Crippen LogP) is 3.32. The standard InChI is InChI=1S/C22H29N3O3S/c1-17-6-10-20(11-7-17)29(27,28)24-21-16-19(9-8-18(21)2)22(26)23-12-15-25-13-4-3-5-14-25/h6-11,16,24H,3-5,12-15H2,1-2H3,(H,23,26). The van der Waals surface area contributed by atoms with Crippen LogP contribution in [0.3, 0.4) is 0 Å². The number of rotatable bonds is 7. The predicted molar refractivity (Wildman–Crippen MR) is 116 cm³/mol. The second-order valence-corrected chi connectivity index (χ2v) is 9.29. The van der Waals surface area contributed by atoms with Crippen LogP contribution in [0.1, 0.15) is 40.7 Å². The monoisotopic (exact) mass is 415 g/mol. The third-order valence-corrected chi connectivity index (χ3v) is 6.62. The molecule has 0 aliphatic carbocycles. The first-order chi connectivity index (χ1) is 13.8. The zero-order valence-electron chi connectivity index (χ0n) is 17.1. The minimum absolute atomic E-state index is 0.193. The Morgan fingerprint density at radius 2 is 1.69 bits per heavy atom. The van der Waals surface area contributed by atoms with E-state index >= 15 is 0 Å². The fraction of sp³-hybridized carbons (Fsp3) is 0.409. The van der Waals surface area contributed by atoms with Gasteiger partial charge in [0.15, 0.2) is 0 Å². The number of nitrogens with zero attached hydrogens (tertiary/aromatic N) is 1. The lowest BCUT2D eigenvalue weighted by Gasteiger charge is -2.26. The van der Waals surface area contributed by atoms with Crippen LogP contribution >= 0.6 is 0 Å². The Kier molecular flexibility index (Phi) is 6.92. The number of benzene rings is 2. The van der Waals surface area contributed by atoms with Gasteiger partial charge in [-0.15, -0.1) is 0 Å². The third kappa shape index (κ3) is 5.81. The molecule has 0 atom stereocenters. The van der Waals surface area contributed by atoms with Gasteiger partial charge in [0, 0.05) is 18.7 Å². The van der Waals surface area contributed by atoms with Crippen LogP contribution in [0.25, 0.3) is 0 Å². The molecule has 156 valence electrons. The zero-order valence-corrected chi connectivity index (χ0v) is 17.9. The largest absolute Gasteiger partial charge is 0.351 e. The normalized spacial score (nSPS) is 15.1. The van der Waals surface area contributed by atoms with Crippen molar-refractivity contribution in [2.45, 2.75) is 38.0 Å². The lowest BCUT2D eigenvalue weighted by atomic mass is 10.1. The van der Waals surface area contributed by atoms with Gasteiger partial charge in [-0.1, -0.05) is 30.2 Å². The topological polar surface area (TPSA) is 78.5 Å². The van der Waals surface area contributed by atoms with Gasteiger partial charge >= 0.3 is 0 Å². The molecule has 2 aromatic rings. The molecule has 29 heavy (non-hydrogen) atoms. The summed E-state index contributed by atoms with van der Waals surface area (Å²) in [5.74, 6) is -0.196. The number of hydrogen-bond donors (Lipinski definition) is 2. The number of carbonyl (C=O) groups is 1. The summed E-state index contributed by atoms with van der Waals surface area (Å²) in [6.07, 6.45) is 3.72. The van der Waals surface area contributed by atoms with Gasteiger partial charge in [-0.05, 0) is 69.6 Å². The molecule has 0 radical (unpaired) electrons. The summed E-state index contributed by atoms with van der Waals surface area (Å²) >= 11 is 0. The van der Waals surface area contributed by atoms with E-state index in [0.29, 0.717) is 17.8 Å². The molecule has 1 heterocycles. The number of likely N-dealkylation sites (tertiary alicyclic amines) is 1. The van der Waals surface area contributed by atoms with Gasteiger partial charge in [0.25, 0.3) is 15.9 Å². The van der Waals surface area contributed by atoms with Crippen molar-refractivity contribution >= 4 is 21.6 Å². The molecule has 1 aliphatic rings. The highest BCUT2D eigenvalue weighted by molar-refractivity contribution is 7.92. The maximum Gasteiger partial charge on any atom is 0.261 e. The number of piperidine rings is 1. The second kappa shape index (κ2) is 9.41. The number of sulfonamides is 1. The minimum Gasteiger partial charge on any atom is -0.351 e. The highest BCUT2D eigenvalue weighted by Crippen LogP contribution is 2.21. The van der Waals surface area contributed by atoms with E-state index in [9.17, 15) is 13.2 Å². The molecule has 0 aromatic heterocycles. The molecule has 3 rings (SSSR count). The van der Waals surface area contributed by atoms with Crippen molar-refractivity contribution in [2.75, 3.05) is 30.9 Å². The lowest BCUT2D eigenvalue weighted by molar-refractivity contribution is 0.0946. The molecular formula is C22H29N3O3S. The van der Waals surface area contributed by atoms with Crippen LogP contribution in [-0.2, 0) is 10.0 Å². The maximum atomic E-state index is 12.7. The van der Waals surface area contributed by atoms with Crippen LogP contribution in [0.5, 0.6) is 0 Å². The molecule has 0 bridgehead atoms. The fourth-order valence-corrected chi connectivity index (χ4v) is 4.53. The van der Waals surface area contributed by atoms with E-state index in [1.54, 1.807) is 42.5 Å². The summed E-state index contributed by atoms with van der Waals surface area (Å²) in [5.41, 5.74) is 2.60. The van der Waals surface area contributed by atoms with Crippen LogP contribution in [0.4, 0.5) is 5.69 Å². The van der Waals surface area contributed by atoms with E-state index in [0.717, 1.165) is 30.8 Å². The summed E-state index contributed by atoms with van der Waals surface area (Å²) in [4.78, 5) is 15.1. The quantitative estimate of drug-likeness (QED) is 0.727. The van der Waals surface area contributed by atoms with Crippen LogP contribution in [0, 0.1) is 13.8 Å². The lowest BCUT2D eigenvalue weighted by Crippen LogP contribution is -2.37. The van der Waals surface area contributed by atoms with Gasteiger partial charge in [-0.25, -0.2) is 8.42 Å².